The highest BCUT2D eigenvalue weighted by atomic mass is 16.6. The number of hydrogen-bond donors (Lipinski definition) is 1. The predicted molar refractivity (Wildman–Crippen MR) is 205 cm³/mol. The van der Waals surface area contributed by atoms with Gasteiger partial charge < -0.3 is 14.6 Å². The molecule has 1 N–H and O–H groups in total. The maximum absolute atomic E-state index is 12.2. The molecule has 5 nitrogen and oxygen atoms in total. The van der Waals surface area contributed by atoms with Gasteiger partial charge in [0.05, 0.1) is 6.61 Å². The highest BCUT2D eigenvalue weighted by molar-refractivity contribution is 5.70. The Balaban J connectivity index is 3.55. The number of carbonyl (C=O) groups excluding carboxylic acids is 2. The van der Waals surface area contributed by atoms with Crippen LogP contribution in [0.5, 0.6) is 0 Å². The number of hydrogen-bond acceptors (Lipinski definition) is 5. The summed E-state index contributed by atoms with van der Waals surface area (Å²) < 4.78 is 10.6. The minimum Gasteiger partial charge on any atom is -0.462 e. The fourth-order valence-corrected chi connectivity index (χ4v) is 5.75. The molecular formula is C43H78O5. The van der Waals surface area contributed by atoms with E-state index in [4.69, 9.17) is 9.47 Å². The van der Waals surface area contributed by atoms with Gasteiger partial charge in [-0.25, -0.2) is 0 Å². The lowest BCUT2D eigenvalue weighted by Crippen LogP contribution is -2.28. The van der Waals surface area contributed by atoms with E-state index in [0.29, 0.717) is 12.8 Å². The molecule has 0 bridgehead atoms. The summed E-state index contributed by atoms with van der Waals surface area (Å²) in [5, 5.41) is 9.56. The second-order valence-electron chi connectivity index (χ2n) is 13.7. The summed E-state index contributed by atoms with van der Waals surface area (Å²) in [6, 6.07) is 0. The topological polar surface area (TPSA) is 72.8 Å². The number of ether oxygens (including phenoxy) is 2. The third-order valence-corrected chi connectivity index (χ3v) is 8.91. The Morgan fingerprint density at radius 3 is 1.29 bits per heavy atom. The molecular weight excluding hydrogens is 596 g/mol. The summed E-state index contributed by atoms with van der Waals surface area (Å²) >= 11 is 0. The molecule has 5 heteroatoms. The molecule has 0 aliphatic rings. The van der Waals surface area contributed by atoms with Crippen LogP contribution in [-0.2, 0) is 19.1 Å². The van der Waals surface area contributed by atoms with Gasteiger partial charge in [0.15, 0.2) is 6.10 Å². The van der Waals surface area contributed by atoms with Crippen LogP contribution in [0.4, 0.5) is 0 Å². The smallest absolute Gasteiger partial charge is 0.306 e. The number of aliphatic hydroxyl groups excluding tert-OH is 1. The molecule has 0 aromatic rings. The van der Waals surface area contributed by atoms with Crippen LogP contribution >= 0.6 is 0 Å². The SMILES string of the molecule is CCCCCC=CCC=CCCCCCCCC(=O)OCC(CO)OC(=O)CCCCCCCCCCCC=CCCCCCCCC. The molecule has 0 fully saturated rings. The number of aliphatic hydroxyl groups is 1. The van der Waals surface area contributed by atoms with Crippen LogP contribution in [0.25, 0.3) is 0 Å². The third kappa shape index (κ3) is 36.9. The van der Waals surface area contributed by atoms with E-state index in [1.54, 1.807) is 0 Å². The van der Waals surface area contributed by atoms with E-state index in [0.717, 1.165) is 51.4 Å². The number of carbonyl (C=O) groups is 2. The molecule has 48 heavy (non-hydrogen) atoms. The normalized spacial score (nSPS) is 12.5. The van der Waals surface area contributed by atoms with Gasteiger partial charge >= 0.3 is 11.9 Å². The maximum Gasteiger partial charge on any atom is 0.306 e. The molecule has 0 saturated heterocycles. The first-order valence-corrected chi connectivity index (χ1v) is 20.5. The van der Waals surface area contributed by atoms with Gasteiger partial charge in [0, 0.05) is 12.8 Å². The zero-order valence-electron chi connectivity index (χ0n) is 31.7. The van der Waals surface area contributed by atoms with Crippen molar-refractivity contribution in [1.82, 2.24) is 0 Å². The number of rotatable bonds is 37. The minimum absolute atomic E-state index is 0.0726. The van der Waals surface area contributed by atoms with E-state index in [9.17, 15) is 14.7 Å². The van der Waals surface area contributed by atoms with Gasteiger partial charge in [-0.15, -0.1) is 0 Å². The predicted octanol–water partition coefficient (Wildman–Crippen LogP) is 12.8. The van der Waals surface area contributed by atoms with E-state index in [2.05, 4.69) is 50.3 Å². The van der Waals surface area contributed by atoms with E-state index >= 15 is 0 Å². The van der Waals surface area contributed by atoms with Crippen LogP contribution in [0.15, 0.2) is 36.5 Å². The highest BCUT2D eigenvalue weighted by Crippen LogP contribution is 2.14. The number of esters is 2. The Labute approximate surface area is 297 Å². The molecule has 280 valence electrons. The first-order chi connectivity index (χ1) is 23.6. The summed E-state index contributed by atoms with van der Waals surface area (Å²) in [5.41, 5.74) is 0. The van der Waals surface area contributed by atoms with Crippen LogP contribution in [0, 0.1) is 0 Å². The van der Waals surface area contributed by atoms with Crippen molar-refractivity contribution in [2.24, 2.45) is 0 Å². The quantitative estimate of drug-likeness (QED) is 0.0403. The molecule has 0 aliphatic heterocycles. The van der Waals surface area contributed by atoms with Crippen LogP contribution in [-0.4, -0.2) is 36.4 Å². The van der Waals surface area contributed by atoms with Gasteiger partial charge in [0.2, 0.25) is 0 Å². The number of allylic oxidation sites excluding steroid dienone is 6. The van der Waals surface area contributed by atoms with Crippen molar-refractivity contribution in [2.75, 3.05) is 13.2 Å². The molecule has 0 aliphatic carbocycles. The lowest BCUT2D eigenvalue weighted by molar-refractivity contribution is -0.161. The van der Waals surface area contributed by atoms with Gasteiger partial charge in [-0.05, 0) is 70.6 Å². The van der Waals surface area contributed by atoms with Gasteiger partial charge in [0.1, 0.15) is 6.61 Å². The second kappa shape index (κ2) is 39.6. The summed E-state index contributed by atoms with van der Waals surface area (Å²) in [6.07, 6.45) is 47.7. The summed E-state index contributed by atoms with van der Waals surface area (Å²) in [7, 11) is 0. The average molecular weight is 675 g/mol. The van der Waals surface area contributed by atoms with Crippen molar-refractivity contribution in [3.8, 4) is 0 Å². The van der Waals surface area contributed by atoms with Crippen molar-refractivity contribution < 1.29 is 24.2 Å². The summed E-state index contributed by atoms with van der Waals surface area (Å²) in [4.78, 5) is 24.3. The van der Waals surface area contributed by atoms with Gasteiger partial charge in [0.25, 0.3) is 0 Å². The standard InChI is InChI=1S/C43H78O5/c1-3-5-7-9-11-13-15-17-19-20-21-22-24-26-28-30-32-34-36-38-43(46)48-41(39-44)40-47-42(45)37-35-33-31-29-27-25-23-18-16-14-12-10-8-6-4-2/h12,14,17-19,23,41,44H,3-11,13,15-16,20-22,24-40H2,1-2H3. The summed E-state index contributed by atoms with van der Waals surface area (Å²) in [5.74, 6) is -0.606. The van der Waals surface area contributed by atoms with E-state index in [1.807, 2.05) is 0 Å². The summed E-state index contributed by atoms with van der Waals surface area (Å²) in [6.45, 7) is 4.10. The molecule has 0 rings (SSSR count). The van der Waals surface area contributed by atoms with Crippen LogP contribution < -0.4 is 0 Å². The zero-order valence-corrected chi connectivity index (χ0v) is 31.7. The van der Waals surface area contributed by atoms with Gasteiger partial charge in [-0.3, -0.25) is 9.59 Å². The molecule has 0 aromatic carbocycles. The van der Waals surface area contributed by atoms with Crippen molar-refractivity contribution in [3.63, 3.8) is 0 Å². The molecule has 0 heterocycles. The van der Waals surface area contributed by atoms with Gasteiger partial charge in [-0.1, -0.05) is 159 Å². The lowest BCUT2D eigenvalue weighted by atomic mass is 10.1. The van der Waals surface area contributed by atoms with E-state index in [-0.39, 0.29) is 25.2 Å². The minimum atomic E-state index is -0.776. The molecule has 0 aromatic heterocycles. The largest absolute Gasteiger partial charge is 0.462 e. The third-order valence-electron chi connectivity index (χ3n) is 8.91. The van der Waals surface area contributed by atoms with E-state index in [1.165, 1.54) is 128 Å². The Bertz CT molecular complexity index is 771. The van der Waals surface area contributed by atoms with Crippen molar-refractivity contribution in [2.45, 2.75) is 213 Å². The number of unbranched alkanes of at least 4 members (excludes halogenated alkanes) is 23. The van der Waals surface area contributed by atoms with Crippen LogP contribution in [0.3, 0.4) is 0 Å². The lowest BCUT2D eigenvalue weighted by Gasteiger charge is -2.15. The van der Waals surface area contributed by atoms with Gasteiger partial charge in [-0.2, -0.15) is 0 Å². The molecule has 1 unspecified atom stereocenters. The monoisotopic (exact) mass is 675 g/mol. The molecule has 0 amide bonds. The Morgan fingerprint density at radius 2 is 0.833 bits per heavy atom. The van der Waals surface area contributed by atoms with Crippen molar-refractivity contribution in [3.05, 3.63) is 36.5 Å². The molecule has 1 atom stereocenters. The van der Waals surface area contributed by atoms with Crippen LogP contribution in [0.2, 0.25) is 0 Å². The molecule has 0 saturated carbocycles. The first kappa shape index (κ1) is 46.1. The Kier molecular flexibility index (Phi) is 38.0. The van der Waals surface area contributed by atoms with Crippen molar-refractivity contribution >= 4 is 11.9 Å². The first-order valence-electron chi connectivity index (χ1n) is 20.5. The Morgan fingerprint density at radius 1 is 0.479 bits per heavy atom. The average Bonchev–Trinajstić information content (AvgIpc) is 3.09. The fourth-order valence-electron chi connectivity index (χ4n) is 5.75. The molecule has 0 spiro atoms. The fraction of sp³-hybridized carbons (Fsp3) is 0.814. The molecule has 0 radical (unpaired) electrons. The maximum atomic E-state index is 12.2. The van der Waals surface area contributed by atoms with E-state index < -0.39 is 6.10 Å². The Hall–Kier alpha value is -1.88. The van der Waals surface area contributed by atoms with Crippen molar-refractivity contribution in [1.29, 1.82) is 0 Å². The van der Waals surface area contributed by atoms with Crippen LogP contribution in [0.1, 0.15) is 206 Å². The second-order valence-corrected chi connectivity index (χ2v) is 13.7. The zero-order chi connectivity index (χ0) is 35.0. The highest BCUT2D eigenvalue weighted by Gasteiger charge is 2.16.